The van der Waals surface area contributed by atoms with Crippen LogP contribution in [0, 0.1) is 5.82 Å². The predicted molar refractivity (Wildman–Crippen MR) is 74.1 cm³/mol. The number of rotatable bonds is 4. The second kappa shape index (κ2) is 5.76. The van der Waals surface area contributed by atoms with Crippen molar-refractivity contribution in [3.8, 4) is 11.3 Å². The number of aryl methyl sites for hydroxylation is 1. The molecule has 0 saturated carbocycles. The van der Waals surface area contributed by atoms with Gasteiger partial charge in [-0.3, -0.25) is 9.48 Å². The van der Waals surface area contributed by atoms with Crippen molar-refractivity contribution in [1.82, 2.24) is 25.5 Å². The molecule has 112 valence electrons. The molecule has 0 spiro atoms. The van der Waals surface area contributed by atoms with Crippen molar-refractivity contribution in [3.63, 3.8) is 0 Å². The number of nitrogens with one attached hydrogen (secondary N) is 1. The molecule has 0 aliphatic heterocycles. The number of aromatic nitrogens is 4. The maximum Gasteiger partial charge on any atom is 0.273 e. The van der Waals surface area contributed by atoms with E-state index in [1.807, 2.05) is 0 Å². The number of hydrogen-bond acceptors (Lipinski definition) is 5. The Morgan fingerprint density at radius 3 is 3.00 bits per heavy atom. The molecular weight excluding hydrogens is 289 g/mol. The molecule has 0 fully saturated rings. The first-order valence-corrected chi connectivity index (χ1v) is 6.48. The molecule has 1 aromatic carbocycles. The van der Waals surface area contributed by atoms with Crippen LogP contribution in [0.5, 0.6) is 0 Å². The van der Waals surface area contributed by atoms with Gasteiger partial charge in [0.25, 0.3) is 5.91 Å². The highest BCUT2D eigenvalue weighted by Crippen LogP contribution is 2.19. The molecule has 3 aromatic rings. The van der Waals surface area contributed by atoms with E-state index in [9.17, 15) is 9.18 Å². The lowest BCUT2D eigenvalue weighted by atomic mass is 10.1. The molecule has 1 amide bonds. The number of carbonyl (C=O) groups is 1. The molecular formula is C14H12FN5O2. The van der Waals surface area contributed by atoms with Crippen LogP contribution in [-0.4, -0.2) is 26.1 Å². The van der Waals surface area contributed by atoms with E-state index in [1.54, 1.807) is 25.2 Å². The molecule has 0 bridgehead atoms. The van der Waals surface area contributed by atoms with Crippen molar-refractivity contribution < 1.29 is 13.7 Å². The average molecular weight is 301 g/mol. The van der Waals surface area contributed by atoms with Gasteiger partial charge in [0.1, 0.15) is 11.5 Å². The lowest BCUT2D eigenvalue weighted by Gasteiger charge is -1.98. The Kier molecular flexibility index (Phi) is 3.65. The zero-order valence-corrected chi connectivity index (χ0v) is 11.7. The molecule has 0 atom stereocenters. The molecule has 22 heavy (non-hydrogen) atoms. The van der Waals surface area contributed by atoms with E-state index >= 15 is 0 Å². The van der Waals surface area contributed by atoms with Gasteiger partial charge in [0.15, 0.2) is 11.5 Å². The molecule has 1 N–H and O–H groups in total. The molecule has 0 aliphatic rings. The van der Waals surface area contributed by atoms with Crippen molar-refractivity contribution in [3.05, 3.63) is 53.8 Å². The summed E-state index contributed by atoms with van der Waals surface area (Å²) in [5.74, 6) is -0.258. The van der Waals surface area contributed by atoms with Crippen LogP contribution in [0.4, 0.5) is 4.39 Å². The standard InChI is InChI=1S/C14H12FN5O2/c1-20-8-13(17-19-20)14(21)16-7-11-6-12(18-22-11)9-3-2-4-10(15)5-9/h2-6,8H,7H2,1H3,(H,16,21). The lowest BCUT2D eigenvalue weighted by Crippen LogP contribution is -2.22. The van der Waals surface area contributed by atoms with E-state index in [1.165, 1.54) is 23.0 Å². The smallest absolute Gasteiger partial charge is 0.273 e. The van der Waals surface area contributed by atoms with Crippen LogP contribution in [0.15, 0.2) is 41.1 Å². The number of nitrogens with zero attached hydrogens (tertiary/aromatic N) is 4. The molecule has 2 heterocycles. The van der Waals surface area contributed by atoms with E-state index in [0.717, 1.165) is 0 Å². The third kappa shape index (κ3) is 3.00. The Labute approximate surface area is 124 Å². The van der Waals surface area contributed by atoms with Crippen molar-refractivity contribution >= 4 is 5.91 Å². The minimum absolute atomic E-state index is 0.151. The highest BCUT2D eigenvalue weighted by Gasteiger charge is 2.12. The van der Waals surface area contributed by atoms with Gasteiger partial charge in [0.05, 0.1) is 12.7 Å². The predicted octanol–water partition coefficient (Wildman–Crippen LogP) is 1.54. The molecule has 3 rings (SSSR count). The maximum atomic E-state index is 13.2. The quantitative estimate of drug-likeness (QED) is 0.790. The highest BCUT2D eigenvalue weighted by atomic mass is 19.1. The summed E-state index contributed by atoms with van der Waals surface area (Å²) in [5, 5.41) is 13.9. The first-order valence-electron chi connectivity index (χ1n) is 6.48. The van der Waals surface area contributed by atoms with Crippen LogP contribution in [0.1, 0.15) is 16.2 Å². The van der Waals surface area contributed by atoms with E-state index < -0.39 is 0 Å². The first kappa shape index (κ1) is 13.9. The molecule has 0 saturated heterocycles. The third-order valence-corrected chi connectivity index (χ3v) is 2.94. The monoisotopic (exact) mass is 301 g/mol. The van der Waals surface area contributed by atoms with Crippen molar-refractivity contribution in [2.24, 2.45) is 7.05 Å². The van der Waals surface area contributed by atoms with Crippen molar-refractivity contribution in [2.45, 2.75) is 6.54 Å². The number of benzene rings is 1. The summed E-state index contributed by atoms with van der Waals surface area (Å²) >= 11 is 0. The average Bonchev–Trinajstić information content (AvgIpc) is 3.14. The topological polar surface area (TPSA) is 85.8 Å². The fourth-order valence-electron chi connectivity index (χ4n) is 1.89. The van der Waals surface area contributed by atoms with Crippen LogP contribution in [0.2, 0.25) is 0 Å². The summed E-state index contributed by atoms with van der Waals surface area (Å²) in [6, 6.07) is 7.68. The van der Waals surface area contributed by atoms with Gasteiger partial charge >= 0.3 is 0 Å². The van der Waals surface area contributed by atoms with Crippen LogP contribution >= 0.6 is 0 Å². The Bertz CT molecular complexity index is 811. The third-order valence-electron chi connectivity index (χ3n) is 2.94. The molecule has 0 unspecified atom stereocenters. The molecule has 8 heteroatoms. The Balaban J connectivity index is 1.66. The second-order valence-corrected chi connectivity index (χ2v) is 4.65. The van der Waals surface area contributed by atoms with E-state index in [-0.39, 0.29) is 24.0 Å². The van der Waals surface area contributed by atoms with Crippen LogP contribution in [0.25, 0.3) is 11.3 Å². The summed E-state index contributed by atoms with van der Waals surface area (Å²) in [6.45, 7) is 0.151. The molecule has 0 radical (unpaired) electrons. The van der Waals surface area contributed by atoms with E-state index in [0.29, 0.717) is 17.0 Å². The maximum absolute atomic E-state index is 13.2. The summed E-state index contributed by atoms with van der Waals surface area (Å²) in [4.78, 5) is 11.8. The molecule has 0 aliphatic carbocycles. The SMILES string of the molecule is Cn1cc(C(=O)NCc2cc(-c3cccc(F)c3)no2)nn1. The Morgan fingerprint density at radius 2 is 2.27 bits per heavy atom. The number of amides is 1. The Morgan fingerprint density at radius 1 is 1.41 bits per heavy atom. The minimum Gasteiger partial charge on any atom is -0.359 e. The zero-order valence-electron chi connectivity index (χ0n) is 11.7. The van der Waals surface area contributed by atoms with Gasteiger partial charge in [-0.15, -0.1) is 5.10 Å². The largest absolute Gasteiger partial charge is 0.359 e. The Hall–Kier alpha value is -3.03. The van der Waals surface area contributed by atoms with Crippen LogP contribution in [-0.2, 0) is 13.6 Å². The summed E-state index contributed by atoms with van der Waals surface area (Å²) in [7, 11) is 1.67. The fraction of sp³-hybridized carbons (Fsp3) is 0.143. The minimum atomic E-state index is -0.364. The summed E-state index contributed by atoms with van der Waals surface area (Å²) < 4.78 is 19.7. The molecule has 7 nitrogen and oxygen atoms in total. The van der Waals surface area contributed by atoms with E-state index in [4.69, 9.17) is 4.52 Å². The number of hydrogen-bond donors (Lipinski definition) is 1. The van der Waals surface area contributed by atoms with E-state index in [2.05, 4.69) is 20.8 Å². The van der Waals surface area contributed by atoms with Crippen LogP contribution < -0.4 is 5.32 Å². The zero-order chi connectivity index (χ0) is 15.5. The lowest BCUT2D eigenvalue weighted by molar-refractivity contribution is 0.0942. The normalized spacial score (nSPS) is 10.6. The fourth-order valence-corrected chi connectivity index (χ4v) is 1.89. The second-order valence-electron chi connectivity index (χ2n) is 4.65. The van der Waals surface area contributed by atoms with Crippen molar-refractivity contribution in [2.75, 3.05) is 0 Å². The van der Waals surface area contributed by atoms with Gasteiger partial charge in [-0.25, -0.2) is 4.39 Å². The van der Waals surface area contributed by atoms with Gasteiger partial charge in [-0.1, -0.05) is 22.5 Å². The van der Waals surface area contributed by atoms with Crippen molar-refractivity contribution in [1.29, 1.82) is 0 Å². The van der Waals surface area contributed by atoms with Gasteiger partial charge < -0.3 is 9.84 Å². The van der Waals surface area contributed by atoms with Crippen LogP contribution in [0.3, 0.4) is 0 Å². The first-order chi connectivity index (χ1) is 10.6. The van der Waals surface area contributed by atoms with Gasteiger partial charge in [0.2, 0.25) is 0 Å². The van der Waals surface area contributed by atoms with Gasteiger partial charge in [-0.2, -0.15) is 0 Å². The summed E-state index contributed by atoms with van der Waals surface area (Å²) in [5.41, 5.74) is 1.32. The molecule has 2 aromatic heterocycles. The van der Waals surface area contributed by atoms with Gasteiger partial charge in [-0.05, 0) is 12.1 Å². The van der Waals surface area contributed by atoms with Gasteiger partial charge in [0, 0.05) is 18.7 Å². The summed E-state index contributed by atoms with van der Waals surface area (Å²) in [6.07, 6.45) is 1.51. The highest BCUT2D eigenvalue weighted by molar-refractivity contribution is 5.91. The number of halogens is 1. The number of carbonyl (C=O) groups excluding carboxylic acids is 1.